The number of rotatable bonds is 6. The van der Waals surface area contributed by atoms with Gasteiger partial charge in [-0.1, -0.05) is 55.7 Å². The number of hydrogen-bond acceptors (Lipinski definition) is 14. The summed E-state index contributed by atoms with van der Waals surface area (Å²) >= 11 is 0. The van der Waals surface area contributed by atoms with Crippen LogP contribution in [0.2, 0.25) is 19.6 Å². The van der Waals surface area contributed by atoms with Crippen LogP contribution < -0.4 is 9.80 Å². The molecule has 0 aromatic heterocycles. The SMILES string of the molecule is C#Cc1ccc(N2CCOCCOCCN(Cc3ccc(C#N)cc3)CCOCCOCC2)cc1.C[Si](C)(C)C#Cc1ccc(N2CCOCCOCCN(Cc3ccc(C#N)cc3)CCOCCOCC2)cc1. The third-order valence-corrected chi connectivity index (χ3v) is 12.8. The van der Waals surface area contributed by atoms with E-state index in [-0.39, 0.29) is 0 Å². The zero-order valence-corrected chi connectivity index (χ0v) is 45.1. The highest BCUT2D eigenvalue weighted by Crippen LogP contribution is 2.17. The molecule has 15 heteroatoms. The third-order valence-electron chi connectivity index (χ3n) is 11.9. The molecule has 2 aliphatic heterocycles. The fourth-order valence-corrected chi connectivity index (χ4v) is 8.23. The van der Waals surface area contributed by atoms with Crippen molar-refractivity contribution in [2.75, 3.05) is 168 Å². The molecule has 2 fully saturated rings. The molecule has 2 saturated heterocycles. The maximum atomic E-state index is 9.03. The summed E-state index contributed by atoms with van der Waals surface area (Å²) in [7, 11) is -1.40. The molecule has 74 heavy (non-hydrogen) atoms. The molecule has 0 atom stereocenters. The van der Waals surface area contributed by atoms with Gasteiger partial charge in [0.1, 0.15) is 8.07 Å². The van der Waals surface area contributed by atoms with E-state index in [9.17, 15) is 0 Å². The Kier molecular flexibility index (Phi) is 28.5. The molecular formula is C59H78N6O8Si. The average molecular weight is 1030 g/mol. The van der Waals surface area contributed by atoms with Crippen molar-refractivity contribution in [3.8, 4) is 35.9 Å². The third kappa shape index (κ3) is 25.1. The Balaban J connectivity index is 0.000000276. The molecule has 0 spiro atoms. The lowest BCUT2D eigenvalue weighted by Crippen LogP contribution is -2.33. The minimum Gasteiger partial charge on any atom is -0.378 e. The van der Waals surface area contributed by atoms with Crippen molar-refractivity contribution in [3.63, 3.8) is 0 Å². The van der Waals surface area contributed by atoms with Crippen LogP contribution in [0.25, 0.3) is 0 Å². The van der Waals surface area contributed by atoms with Gasteiger partial charge in [-0.2, -0.15) is 10.5 Å². The van der Waals surface area contributed by atoms with Crippen molar-refractivity contribution in [1.29, 1.82) is 10.5 Å². The zero-order chi connectivity index (χ0) is 52.3. The van der Waals surface area contributed by atoms with Crippen molar-refractivity contribution < 1.29 is 37.9 Å². The van der Waals surface area contributed by atoms with Gasteiger partial charge in [-0.3, -0.25) is 9.80 Å². The molecular weight excluding hydrogens is 949 g/mol. The maximum Gasteiger partial charge on any atom is 0.129 e. The molecule has 0 aliphatic carbocycles. The van der Waals surface area contributed by atoms with E-state index < -0.39 is 8.07 Å². The van der Waals surface area contributed by atoms with E-state index in [1.165, 1.54) is 5.56 Å². The predicted molar refractivity (Wildman–Crippen MR) is 295 cm³/mol. The predicted octanol–water partition coefficient (Wildman–Crippen LogP) is 7.10. The van der Waals surface area contributed by atoms with E-state index in [2.05, 4.69) is 93.0 Å². The average Bonchev–Trinajstić information content (AvgIpc) is 3.41. The van der Waals surface area contributed by atoms with Crippen LogP contribution in [0.3, 0.4) is 0 Å². The first-order valence-corrected chi connectivity index (χ1v) is 29.5. The number of anilines is 2. The molecule has 14 nitrogen and oxygen atoms in total. The molecule has 2 aliphatic rings. The number of ether oxygens (including phenoxy) is 8. The lowest BCUT2D eigenvalue weighted by molar-refractivity contribution is 0.0211. The molecule has 0 bridgehead atoms. The Hall–Kier alpha value is -5.60. The molecule has 4 aromatic carbocycles. The van der Waals surface area contributed by atoms with Crippen LogP contribution in [-0.4, -0.2) is 176 Å². The van der Waals surface area contributed by atoms with Gasteiger partial charge < -0.3 is 47.7 Å². The monoisotopic (exact) mass is 1030 g/mol. The van der Waals surface area contributed by atoms with Crippen molar-refractivity contribution in [2.45, 2.75) is 32.7 Å². The Bertz CT molecular complexity index is 2300. The summed E-state index contributed by atoms with van der Waals surface area (Å²) in [6.45, 7) is 24.0. The molecule has 6 rings (SSSR count). The largest absolute Gasteiger partial charge is 0.378 e. The summed E-state index contributed by atoms with van der Waals surface area (Å²) in [5, 5.41) is 18.0. The number of hydrogen-bond donors (Lipinski definition) is 0. The summed E-state index contributed by atoms with van der Waals surface area (Å²) in [5.41, 5.74) is 11.3. The topological polar surface area (TPSA) is 134 Å². The Labute approximate surface area is 442 Å². The lowest BCUT2D eigenvalue weighted by atomic mass is 10.1. The van der Waals surface area contributed by atoms with Gasteiger partial charge >= 0.3 is 0 Å². The van der Waals surface area contributed by atoms with Crippen LogP contribution in [-0.2, 0) is 51.0 Å². The van der Waals surface area contributed by atoms with Crippen LogP contribution in [0.1, 0.15) is 33.4 Å². The number of benzene rings is 4. The smallest absolute Gasteiger partial charge is 0.129 e. The van der Waals surface area contributed by atoms with E-state index in [1.807, 2.05) is 72.8 Å². The first kappa shape index (κ1) is 59.3. The van der Waals surface area contributed by atoms with E-state index in [1.54, 1.807) is 0 Å². The molecule has 0 N–H and O–H groups in total. The molecule has 2 heterocycles. The standard InChI is InChI=1S/C31H43N3O4Si.C28H35N3O4/c1-39(2,3)25-12-28-8-10-31(11-9-28)34-15-19-37-23-21-35-17-13-33(14-18-36-22-24-38-20-16-34)27-30-6-4-29(26-32)5-7-30;1-2-25-7-9-28(10-8-25)31-13-17-34-21-19-32-15-11-30(12-16-33-20-22-35-18-14-31)24-27-5-3-26(23-29)4-6-27/h4-11H,13-24,27H2,1-3H3;1,3-10H,11-22,24H2. The highest BCUT2D eigenvalue weighted by atomic mass is 28.3. The van der Waals surface area contributed by atoms with Crippen LogP contribution in [0.4, 0.5) is 11.4 Å². The first-order valence-electron chi connectivity index (χ1n) is 26.0. The second-order valence-electron chi connectivity index (χ2n) is 18.8. The summed E-state index contributed by atoms with van der Waals surface area (Å²) < 4.78 is 46.8. The molecule has 0 saturated carbocycles. The molecule has 0 unspecified atom stereocenters. The van der Waals surface area contributed by atoms with E-state index in [0.29, 0.717) is 117 Å². The van der Waals surface area contributed by atoms with Gasteiger partial charge in [0, 0.05) is 87.9 Å². The number of nitriles is 2. The Morgan fingerprint density at radius 2 is 0.676 bits per heavy atom. The van der Waals surface area contributed by atoms with Crippen molar-refractivity contribution in [1.82, 2.24) is 9.80 Å². The summed E-state index contributed by atoms with van der Waals surface area (Å²) in [4.78, 5) is 9.15. The highest BCUT2D eigenvalue weighted by Gasteiger charge is 2.13. The normalized spacial score (nSPS) is 17.9. The molecule has 0 radical (unpaired) electrons. The van der Waals surface area contributed by atoms with Crippen molar-refractivity contribution in [3.05, 3.63) is 130 Å². The summed E-state index contributed by atoms with van der Waals surface area (Å²) in [6.07, 6.45) is 5.48. The van der Waals surface area contributed by atoms with Gasteiger partial charge in [0.15, 0.2) is 0 Å². The van der Waals surface area contributed by atoms with Gasteiger partial charge in [-0.15, -0.1) is 12.0 Å². The van der Waals surface area contributed by atoms with Gasteiger partial charge in [-0.25, -0.2) is 0 Å². The van der Waals surface area contributed by atoms with Crippen molar-refractivity contribution >= 4 is 19.4 Å². The van der Waals surface area contributed by atoms with Gasteiger partial charge in [0.2, 0.25) is 0 Å². The summed E-state index contributed by atoms with van der Waals surface area (Å²) in [6, 6.07) is 36.2. The minimum absolute atomic E-state index is 0.555. The van der Waals surface area contributed by atoms with Crippen LogP contribution in [0, 0.1) is 46.5 Å². The quantitative estimate of drug-likeness (QED) is 0.144. The highest BCUT2D eigenvalue weighted by molar-refractivity contribution is 6.83. The lowest BCUT2D eigenvalue weighted by Gasteiger charge is -2.25. The second kappa shape index (κ2) is 35.6. The van der Waals surface area contributed by atoms with Gasteiger partial charge in [0.05, 0.1) is 129 Å². The van der Waals surface area contributed by atoms with Crippen molar-refractivity contribution in [2.24, 2.45) is 0 Å². The summed E-state index contributed by atoms with van der Waals surface area (Å²) in [5.74, 6) is 5.98. The van der Waals surface area contributed by atoms with E-state index >= 15 is 0 Å². The van der Waals surface area contributed by atoms with Gasteiger partial charge in [0.25, 0.3) is 0 Å². The van der Waals surface area contributed by atoms with E-state index in [0.717, 1.165) is 93.5 Å². The van der Waals surface area contributed by atoms with Crippen LogP contribution in [0.15, 0.2) is 97.1 Å². The van der Waals surface area contributed by atoms with Gasteiger partial charge in [-0.05, 0) is 83.9 Å². The first-order chi connectivity index (χ1) is 36.2. The van der Waals surface area contributed by atoms with E-state index in [4.69, 9.17) is 54.8 Å². The molecule has 0 amide bonds. The van der Waals surface area contributed by atoms with Crippen LogP contribution >= 0.6 is 0 Å². The fraction of sp³-hybridized carbons (Fsp3) is 0.492. The maximum absolute atomic E-state index is 9.03. The number of nitrogens with zero attached hydrogens (tertiary/aromatic N) is 6. The molecule has 396 valence electrons. The molecule has 4 aromatic rings. The Morgan fingerprint density at radius 1 is 0.392 bits per heavy atom. The van der Waals surface area contributed by atoms with Crippen LogP contribution in [0.5, 0.6) is 0 Å². The Morgan fingerprint density at radius 3 is 0.959 bits per heavy atom. The minimum atomic E-state index is -1.40. The fourth-order valence-electron chi connectivity index (χ4n) is 7.71. The number of terminal acetylenes is 1. The second-order valence-corrected chi connectivity index (χ2v) is 23.5. The zero-order valence-electron chi connectivity index (χ0n) is 44.1.